The highest BCUT2D eigenvalue weighted by atomic mass is 16.5. The van der Waals surface area contributed by atoms with Crippen LogP contribution in [-0.2, 0) is 11.2 Å². The van der Waals surface area contributed by atoms with Crippen molar-refractivity contribution < 1.29 is 4.74 Å². The van der Waals surface area contributed by atoms with Crippen LogP contribution in [0.5, 0.6) is 0 Å². The van der Waals surface area contributed by atoms with Crippen molar-refractivity contribution in [3.8, 4) is 0 Å². The second kappa shape index (κ2) is 6.35. The van der Waals surface area contributed by atoms with E-state index < -0.39 is 0 Å². The summed E-state index contributed by atoms with van der Waals surface area (Å²) in [6.45, 7) is 5.21. The van der Waals surface area contributed by atoms with Crippen molar-refractivity contribution in [2.24, 2.45) is 17.6 Å². The summed E-state index contributed by atoms with van der Waals surface area (Å²) in [5.41, 5.74) is 7.65. The minimum atomic E-state index is 0.170. The maximum atomic E-state index is 6.22. The third kappa shape index (κ3) is 3.56. The largest absolute Gasteiger partial charge is 0.377 e. The molecule has 0 bridgehead atoms. The first-order valence-corrected chi connectivity index (χ1v) is 7.08. The first-order chi connectivity index (χ1) is 8.66. The average molecular weight is 247 g/mol. The molecule has 3 atom stereocenters. The van der Waals surface area contributed by atoms with E-state index in [0.717, 1.165) is 31.8 Å². The molecule has 2 N–H and O–H groups in total. The van der Waals surface area contributed by atoms with E-state index in [9.17, 15) is 0 Å². The average Bonchev–Trinajstić information content (AvgIpc) is 2.39. The van der Waals surface area contributed by atoms with Gasteiger partial charge in [0.2, 0.25) is 0 Å². The predicted molar refractivity (Wildman–Crippen MR) is 75.4 cm³/mol. The Labute approximate surface area is 111 Å². The number of hydrogen-bond donors (Lipinski definition) is 1. The van der Waals surface area contributed by atoms with Crippen molar-refractivity contribution in [2.45, 2.75) is 45.3 Å². The van der Waals surface area contributed by atoms with E-state index in [-0.39, 0.29) is 12.1 Å². The number of nitrogens with two attached hydrogens (primary N) is 1. The molecule has 0 aliphatic carbocycles. The second-order valence-electron chi connectivity index (χ2n) is 5.81. The van der Waals surface area contributed by atoms with Gasteiger partial charge in [-0.25, -0.2) is 0 Å². The molecular weight excluding hydrogens is 222 g/mol. The quantitative estimate of drug-likeness (QED) is 0.887. The SMILES string of the molecule is CC(C)C(N)C1CC(Cc2ccccc2)CCO1. The lowest BCUT2D eigenvalue weighted by molar-refractivity contribution is -0.0303. The number of hydrogen-bond acceptors (Lipinski definition) is 2. The fraction of sp³-hybridized carbons (Fsp3) is 0.625. The lowest BCUT2D eigenvalue weighted by Gasteiger charge is -2.34. The highest BCUT2D eigenvalue weighted by Gasteiger charge is 2.28. The molecule has 1 aromatic carbocycles. The third-order valence-corrected chi connectivity index (χ3v) is 3.99. The van der Waals surface area contributed by atoms with Crippen LogP contribution in [0.1, 0.15) is 32.3 Å². The van der Waals surface area contributed by atoms with E-state index >= 15 is 0 Å². The molecule has 1 heterocycles. The maximum Gasteiger partial charge on any atom is 0.0731 e. The number of benzene rings is 1. The molecule has 3 unspecified atom stereocenters. The third-order valence-electron chi connectivity index (χ3n) is 3.99. The van der Waals surface area contributed by atoms with Crippen molar-refractivity contribution in [1.29, 1.82) is 0 Å². The maximum absolute atomic E-state index is 6.22. The molecule has 0 radical (unpaired) electrons. The predicted octanol–water partition coefficient (Wildman–Crippen LogP) is 3.01. The van der Waals surface area contributed by atoms with Gasteiger partial charge in [-0.2, -0.15) is 0 Å². The van der Waals surface area contributed by atoms with Gasteiger partial charge in [0, 0.05) is 12.6 Å². The minimum absolute atomic E-state index is 0.170. The standard InChI is InChI=1S/C16H25NO/c1-12(2)16(17)15-11-14(8-9-18-15)10-13-6-4-3-5-7-13/h3-7,12,14-16H,8-11,17H2,1-2H3. The van der Waals surface area contributed by atoms with Crippen LogP contribution in [0.25, 0.3) is 0 Å². The van der Waals surface area contributed by atoms with Crippen LogP contribution >= 0.6 is 0 Å². The molecule has 2 rings (SSSR count). The van der Waals surface area contributed by atoms with E-state index in [1.54, 1.807) is 0 Å². The molecule has 0 spiro atoms. The molecule has 0 saturated carbocycles. The summed E-state index contributed by atoms with van der Waals surface area (Å²) in [6, 6.07) is 10.9. The van der Waals surface area contributed by atoms with Gasteiger partial charge in [0.25, 0.3) is 0 Å². The van der Waals surface area contributed by atoms with Crippen LogP contribution < -0.4 is 5.73 Å². The van der Waals surface area contributed by atoms with Crippen molar-refractivity contribution in [1.82, 2.24) is 0 Å². The van der Waals surface area contributed by atoms with E-state index in [4.69, 9.17) is 10.5 Å². The molecule has 18 heavy (non-hydrogen) atoms. The van der Waals surface area contributed by atoms with Gasteiger partial charge in [-0.1, -0.05) is 44.2 Å². The summed E-state index contributed by atoms with van der Waals surface area (Å²) in [6.07, 6.45) is 3.67. The Hall–Kier alpha value is -0.860. The molecule has 1 fully saturated rings. The topological polar surface area (TPSA) is 35.2 Å². The highest BCUT2D eigenvalue weighted by Crippen LogP contribution is 2.26. The summed E-state index contributed by atoms with van der Waals surface area (Å²) in [4.78, 5) is 0. The molecule has 0 amide bonds. The van der Waals surface area contributed by atoms with Crippen LogP contribution in [0.2, 0.25) is 0 Å². The van der Waals surface area contributed by atoms with Gasteiger partial charge < -0.3 is 10.5 Å². The fourth-order valence-corrected chi connectivity index (χ4v) is 2.73. The highest BCUT2D eigenvalue weighted by molar-refractivity contribution is 5.15. The van der Waals surface area contributed by atoms with Crippen LogP contribution in [0.3, 0.4) is 0 Å². The van der Waals surface area contributed by atoms with E-state index in [1.807, 2.05) is 0 Å². The molecule has 1 aliphatic rings. The second-order valence-corrected chi connectivity index (χ2v) is 5.81. The van der Waals surface area contributed by atoms with Crippen LogP contribution in [0.15, 0.2) is 30.3 Å². The fourth-order valence-electron chi connectivity index (χ4n) is 2.73. The van der Waals surface area contributed by atoms with Crippen molar-refractivity contribution in [3.05, 3.63) is 35.9 Å². The summed E-state index contributed by atoms with van der Waals surface area (Å²) >= 11 is 0. The van der Waals surface area contributed by atoms with Crippen molar-refractivity contribution >= 4 is 0 Å². The monoisotopic (exact) mass is 247 g/mol. The zero-order chi connectivity index (χ0) is 13.0. The summed E-state index contributed by atoms with van der Waals surface area (Å²) in [5.74, 6) is 1.21. The number of rotatable bonds is 4. The molecule has 1 aromatic rings. The Balaban J connectivity index is 1.91. The Morgan fingerprint density at radius 2 is 2.00 bits per heavy atom. The van der Waals surface area contributed by atoms with Gasteiger partial charge in [0.1, 0.15) is 0 Å². The molecule has 0 aromatic heterocycles. The minimum Gasteiger partial charge on any atom is -0.377 e. The van der Waals surface area contributed by atoms with Gasteiger partial charge in [0.05, 0.1) is 6.10 Å². The zero-order valence-electron chi connectivity index (χ0n) is 11.5. The van der Waals surface area contributed by atoms with E-state index in [2.05, 4.69) is 44.2 Å². The van der Waals surface area contributed by atoms with Gasteiger partial charge in [-0.3, -0.25) is 0 Å². The van der Waals surface area contributed by atoms with Crippen LogP contribution in [0, 0.1) is 11.8 Å². The summed E-state index contributed by atoms with van der Waals surface area (Å²) in [7, 11) is 0. The zero-order valence-corrected chi connectivity index (χ0v) is 11.5. The molecular formula is C16H25NO. The van der Waals surface area contributed by atoms with E-state index in [0.29, 0.717) is 5.92 Å². The Kier molecular flexibility index (Phi) is 4.79. The van der Waals surface area contributed by atoms with E-state index in [1.165, 1.54) is 5.56 Å². The summed E-state index contributed by atoms with van der Waals surface area (Å²) < 4.78 is 5.84. The summed E-state index contributed by atoms with van der Waals surface area (Å²) in [5, 5.41) is 0. The molecule has 1 saturated heterocycles. The lowest BCUT2D eigenvalue weighted by atomic mass is 9.85. The molecule has 1 aliphatic heterocycles. The Morgan fingerprint density at radius 3 is 2.67 bits per heavy atom. The number of ether oxygens (including phenoxy) is 1. The Morgan fingerprint density at radius 1 is 1.28 bits per heavy atom. The lowest BCUT2D eigenvalue weighted by Crippen LogP contribution is -2.44. The van der Waals surface area contributed by atoms with Gasteiger partial charge in [0.15, 0.2) is 0 Å². The van der Waals surface area contributed by atoms with Gasteiger partial charge in [-0.15, -0.1) is 0 Å². The van der Waals surface area contributed by atoms with Gasteiger partial charge in [-0.05, 0) is 36.7 Å². The van der Waals surface area contributed by atoms with Crippen LogP contribution in [-0.4, -0.2) is 18.8 Å². The molecule has 100 valence electrons. The first-order valence-electron chi connectivity index (χ1n) is 7.08. The van der Waals surface area contributed by atoms with Gasteiger partial charge >= 0.3 is 0 Å². The van der Waals surface area contributed by atoms with Crippen LogP contribution in [0.4, 0.5) is 0 Å². The Bertz CT molecular complexity index is 349. The van der Waals surface area contributed by atoms with Crippen molar-refractivity contribution in [2.75, 3.05) is 6.61 Å². The smallest absolute Gasteiger partial charge is 0.0731 e. The first kappa shape index (κ1) is 13.6. The normalized spacial score (nSPS) is 26.2. The molecule has 2 nitrogen and oxygen atoms in total. The van der Waals surface area contributed by atoms with Crippen molar-refractivity contribution in [3.63, 3.8) is 0 Å². The molecule has 2 heteroatoms.